The number of ether oxygens (including phenoxy) is 1. The van der Waals surface area contributed by atoms with Crippen LogP contribution >= 0.6 is 0 Å². The maximum absolute atomic E-state index is 12.6. The number of hydrogen-bond donors (Lipinski definition) is 2. The topological polar surface area (TPSA) is 85.2 Å². The Morgan fingerprint density at radius 1 is 0.966 bits per heavy atom. The number of hydrogen-bond acceptors (Lipinski definition) is 4. The van der Waals surface area contributed by atoms with Gasteiger partial charge in [-0.2, -0.15) is 5.10 Å². The van der Waals surface area contributed by atoms with Crippen molar-refractivity contribution in [3.63, 3.8) is 0 Å². The molecule has 7 nitrogen and oxygen atoms in total. The van der Waals surface area contributed by atoms with E-state index in [0.29, 0.717) is 36.4 Å². The smallest absolute Gasteiger partial charge is 0.273 e. The molecule has 0 spiro atoms. The van der Waals surface area contributed by atoms with E-state index in [1.165, 1.54) is 6.20 Å². The zero-order valence-electron chi connectivity index (χ0n) is 16.5. The Balaban J connectivity index is 1.63. The highest BCUT2D eigenvalue weighted by Gasteiger charge is 2.17. The van der Waals surface area contributed by atoms with Crippen LogP contribution in [0, 0.1) is 0 Å². The van der Waals surface area contributed by atoms with Gasteiger partial charge in [-0.3, -0.25) is 25.1 Å². The molecule has 3 rings (SSSR count). The molecule has 2 amide bonds. The van der Waals surface area contributed by atoms with E-state index in [9.17, 15) is 9.59 Å². The van der Waals surface area contributed by atoms with Crippen molar-refractivity contribution in [3.05, 3.63) is 83.2 Å². The van der Waals surface area contributed by atoms with Gasteiger partial charge < -0.3 is 4.74 Å². The van der Waals surface area contributed by atoms with Gasteiger partial charge in [0.15, 0.2) is 0 Å². The van der Waals surface area contributed by atoms with Crippen molar-refractivity contribution >= 4 is 11.8 Å². The first-order valence-corrected chi connectivity index (χ1v) is 9.54. The van der Waals surface area contributed by atoms with E-state index in [1.807, 2.05) is 44.2 Å². The standard InChI is InChI=1S/C22H24N4O3/c1-3-20-19(14-23-26(20)15-16-8-6-5-7-9-16)22(28)25-24-21(27)17-10-12-18(13-11-17)29-4-2/h5-14H,3-4,15H2,1-2H3,(H,24,27)(H,25,28). The Kier molecular flexibility index (Phi) is 6.63. The van der Waals surface area contributed by atoms with Crippen molar-refractivity contribution in [1.29, 1.82) is 0 Å². The number of nitrogens with one attached hydrogen (secondary N) is 2. The van der Waals surface area contributed by atoms with Crippen LogP contribution in [0.15, 0.2) is 60.8 Å². The van der Waals surface area contributed by atoms with E-state index < -0.39 is 11.8 Å². The highest BCUT2D eigenvalue weighted by molar-refractivity contribution is 5.99. The van der Waals surface area contributed by atoms with Gasteiger partial charge in [-0.15, -0.1) is 0 Å². The molecule has 0 saturated heterocycles. The monoisotopic (exact) mass is 392 g/mol. The lowest BCUT2D eigenvalue weighted by atomic mass is 10.2. The number of aromatic nitrogens is 2. The van der Waals surface area contributed by atoms with Gasteiger partial charge in [-0.1, -0.05) is 37.3 Å². The summed E-state index contributed by atoms with van der Waals surface area (Å²) in [4.78, 5) is 24.8. The van der Waals surface area contributed by atoms with Crippen molar-refractivity contribution in [2.45, 2.75) is 26.8 Å². The molecule has 0 aliphatic rings. The molecule has 2 N–H and O–H groups in total. The van der Waals surface area contributed by atoms with Gasteiger partial charge >= 0.3 is 0 Å². The normalized spacial score (nSPS) is 10.4. The van der Waals surface area contributed by atoms with Crippen LogP contribution in [0.5, 0.6) is 5.75 Å². The van der Waals surface area contributed by atoms with Gasteiger partial charge in [0.05, 0.1) is 30.6 Å². The summed E-state index contributed by atoms with van der Waals surface area (Å²) >= 11 is 0. The summed E-state index contributed by atoms with van der Waals surface area (Å²) < 4.78 is 7.16. The molecular weight excluding hydrogens is 368 g/mol. The molecule has 0 unspecified atom stereocenters. The second kappa shape index (κ2) is 9.54. The lowest BCUT2D eigenvalue weighted by Gasteiger charge is -2.10. The molecule has 2 aromatic carbocycles. The van der Waals surface area contributed by atoms with Gasteiger partial charge in [0.25, 0.3) is 11.8 Å². The zero-order chi connectivity index (χ0) is 20.6. The van der Waals surface area contributed by atoms with Crippen molar-refractivity contribution in [1.82, 2.24) is 20.6 Å². The fraction of sp³-hybridized carbons (Fsp3) is 0.227. The minimum atomic E-state index is -0.406. The number of hydrazine groups is 1. The van der Waals surface area contributed by atoms with E-state index in [1.54, 1.807) is 28.9 Å². The van der Waals surface area contributed by atoms with E-state index >= 15 is 0 Å². The van der Waals surface area contributed by atoms with Crippen LogP contribution in [0.2, 0.25) is 0 Å². The van der Waals surface area contributed by atoms with Crippen LogP contribution in [-0.4, -0.2) is 28.2 Å². The Labute approximate surface area is 169 Å². The molecule has 0 bridgehead atoms. The average Bonchev–Trinajstić information content (AvgIpc) is 3.16. The van der Waals surface area contributed by atoms with Crippen molar-refractivity contribution in [2.75, 3.05) is 6.61 Å². The van der Waals surface area contributed by atoms with Gasteiger partial charge in [0.2, 0.25) is 0 Å². The fourth-order valence-electron chi connectivity index (χ4n) is 2.99. The van der Waals surface area contributed by atoms with Crippen LogP contribution in [0.1, 0.15) is 45.8 Å². The molecule has 0 radical (unpaired) electrons. The van der Waals surface area contributed by atoms with E-state index in [4.69, 9.17) is 4.74 Å². The molecule has 1 aromatic heterocycles. The lowest BCUT2D eigenvalue weighted by molar-refractivity contribution is 0.0846. The molecule has 0 aliphatic heterocycles. The first-order chi connectivity index (χ1) is 14.1. The van der Waals surface area contributed by atoms with Crippen LogP contribution in [0.4, 0.5) is 0 Å². The van der Waals surface area contributed by atoms with Gasteiger partial charge in [-0.25, -0.2) is 0 Å². The number of rotatable bonds is 7. The molecule has 0 atom stereocenters. The van der Waals surface area contributed by atoms with Gasteiger partial charge in [0, 0.05) is 5.56 Å². The van der Waals surface area contributed by atoms with Gasteiger partial charge in [0.1, 0.15) is 5.75 Å². The molecule has 0 saturated carbocycles. The van der Waals surface area contributed by atoms with Crippen molar-refractivity contribution < 1.29 is 14.3 Å². The van der Waals surface area contributed by atoms with Crippen LogP contribution in [0.25, 0.3) is 0 Å². The Bertz CT molecular complexity index is 965. The second-order valence-corrected chi connectivity index (χ2v) is 6.37. The number of nitrogens with zero attached hydrogens (tertiary/aromatic N) is 2. The molecule has 0 aliphatic carbocycles. The van der Waals surface area contributed by atoms with Crippen molar-refractivity contribution in [3.8, 4) is 5.75 Å². The van der Waals surface area contributed by atoms with E-state index in [2.05, 4.69) is 16.0 Å². The van der Waals surface area contributed by atoms with Crippen molar-refractivity contribution in [2.24, 2.45) is 0 Å². The zero-order valence-corrected chi connectivity index (χ0v) is 16.5. The quantitative estimate of drug-likeness (QED) is 0.606. The predicted molar refractivity (Wildman–Crippen MR) is 110 cm³/mol. The molecule has 7 heteroatoms. The number of carbonyl (C=O) groups excluding carboxylic acids is 2. The molecular formula is C22H24N4O3. The lowest BCUT2D eigenvalue weighted by Crippen LogP contribution is -2.41. The Hall–Kier alpha value is -3.61. The summed E-state index contributed by atoms with van der Waals surface area (Å²) in [6, 6.07) is 16.6. The first-order valence-electron chi connectivity index (χ1n) is 9.54. The first kappa shape index (κ1) is 20.1. The SMILES string of the molecule is CCOc1ccc(C(=O)NNC(=O)c2cnn(Cc3ccccc3)c2CC)cc1. The summed E-state index contributed by atoms with van der Waals surface area (Å²) in [5, 5.41) is 4.34. The Morgan fingerprint density at radius 2 is 1.66 bits per heavy atom. The summed E-state index contributed by atoms with van der Waals surface area (Å²) in [7, 11) is 0. The predicted octanol–water partition coefficient (Wildman–Crippen LogP) is 2.97. The molecule has 1 heterocycles. The number of carbonyl (C=O) groups is 2. The van der Waals surface area contributed by atoms with Gasteiger partial charge in [-0.05, 0) is 43.2 Å². The van der Waals surface area contributed by atoms with Crippen LogP contribution in [0.3, 0.4) is 0 Å². The minimum absolute atomic E-state index is 0.402. The van der Waals surface area contributed by atoms with E-state index in [0.717, 1.165) is 11.3 Å². The number of amides is 2. The third kappa shape index (κ3) is 5.01. The number of benzene rings is 2. The summed E-state index contributed by atoms with van der Waals surface area (Å²) in [6.45, 7) is 4.99. The van der Waals surface area contributed by atoms with Crippen LogP contribution < -0.4 is 15.6 Å². The van der Waals surface area contributed by atoms with E-state index in [-0.39, 0.29) is 0 Å². The molecule has 29 heavy (non-hydrogen) atoms. The molecule has 0 fully saturated rings. The Morgan fingerprint density at radius 3 is 2.31 bits per heavy atom. The highest BCUT2D eigenvalue weighted by atomic mass is 16.5. The average molecular weight is 392 g/mol. The highest BCUT2D eigenvalue weighted by Crippen LogP contribution is 2.13. The summed E-state index contributed by atoms with van der Waals surface area (Å²) in [6.07, 6.45) is 2.17. The maximum Gasteiger partial charge on any atom is 0.273 e. The molecule has 150 valence electrons. The third-order valence-corrected chi connectivity index (χ3v) is 4.42. The minimum Gasteiger partial charge on any atom is -0.494 e. The largest absolute Gasteiger partial charge is 0.494 e. The van der Waals surface area contributed by atoms with Crippen LogP contribution in [-0.2, 0) is 13.0 Å². The fourth-order valence-corrected chi connectivity index (χ4v) is 2.99. The third-order valence-electron chi connectivity index (χ3n) is 4.42. The summed E-state index contributed by atoms with van der Waals surface area (Å²) in [5.41, 5.74) is 7.67. The second-order valence-electron chi connectivity index (χ2n) is 6.37. The molecule has 3 aromatic rings. The maximum atomic E-state index is 12.6. The summed E-state index contributed by atoms with van der Waals surface area (Å²) in [5.74, 6) is -0.122.